The first kappa shape index (κ1) is 22.5. The molecule has 0 radical (unpaired) electrons. The standard InChI is InChI=1S/C24H21ClFN7O3/c1-12-7-13(8-17-14(12)10-27-30-17)9-18-29-21(32-31-18)22(34)33-6-2-5-24(11-33)19-16(28-23(35)36-24)4-3-15(25)20(19)26/h3-4,7-8,10H,2,5-6,9,11H2,1H3,(H,27,30)(H,28,35)(H,29,31,32)/t24-/m0/s1. The Bertz CT molecular complexity index is 1530. The van der Waals surface area contributed by atoms with Crippen molar-refractivity contribution in [2.45, 2.75) is 31.8 Å². The third-order valence-electron chi connectivity index (χ3n) is 6.74. The number of ether oxygens (including phenoxy) is 1. The second kappa shape index (κ2) is 8.30. The van der Waals surface area contributed by atoms with Crippen molar-refractivity contribution in [1.82, 2.24) is 30.3 Å². The number of rotatable bonds is 3. The van der Waals surface area contributed by atoms with Gasteiger partial charge in [-0.25, -0.2) is 14.2 Å². The lowest BCUT2D eigenvalue weighted by Gasteiger charge is -2.44. The largest absolute Gasteiger partial charge is 0.436 e. The van der Waals surface area contributed by atoms with Crippen LogP contribution in [0.1, 0.15) is 46.0 Å². The summed E-state index contributed by atoms with van der Waals surface area (Å²) in [5.41, 5.74) is 2.07. The van der Waals surface area contributed by atoms with Gasteiger partial charge in [0.15, 0.2) is 11.4 Å². The maximum atomic E-state index is 15.1. The van der Waals surface area contributed by atoms with E-state index in [9.17, 15) is 9.59 Å². The first-order chi connectivity index (χ1) is 17.3. The molecule has 4 aromatic rings. The van der Waals surface area contributed by atoms with Crippen LogP contribution >= 0.6 is 11.6 Å². The van der Waals surface area contributed by atoms with Gasteiger partial charge in [-0.05, 0) is 49.1 Å². The zero-order valence-electron chi connectivity index (χ0n) is 19.2. The molecule has 10 nitrogen and oxygen atoms in total. The molecule has 6 rings (SSSR count). The van der Waals surface area contributed by atoms with E-state index in [1.807, 2.05) is 19.1 Å². The summed E-state index contributed by atoms with van der Waals surface area (Å²) in [5.74, 6) is -0.586. The Hall–Kier alpha value is -3.99. The molecule has 0 bridgehead atoms. The van der Waals surface area contributed by atoms with Crippen LogP contribution in [0.5, 0.6) is 0 Å². The molecule has 0 aliphatic carbocycles. The molecular weight excluding hydrogens is 489 g/mol. The van der Waals surface area contributed by atoms with Crippen molar-refractivity contribution in [1.29, 1.82) is 0 Å². The molecular formula is C24H21ClFN7O3. The predicted molar refractivity (Wildman–Crippen MR) is 128 cm³/mol. The van der Waals surface area contributed by atoms with Gasteiger partial charge in [-0.3, -0.25) is 20.3 Å². The molecule has 2 aromatic heterocycles. The van der Waals surface area contributed by atoms with E-state index in [0.717, 1.165) is 22.0 Å². The fourth-order valence-corrected chi connectivity index (χ4v) is 5.31. The molecule has 1 spiro atoms. The summed E-state index contributed by atoms with van der Waals surface area (Å²) in [6.07, 6.45) is 2.36. The number of halogens is 2. The Morgan fingerprint density at radius 2 is 2.17 bits per heavy atom. The second-order valence-corrected chi connectivity index (χ2v) is 9.56. The Kier molecular flexibility index (Phi) is 5.18. The van der Waals surface area contributed by atoms with Crippen molar-refractivity contribution in [3.63, 3.8) is 0 Å². The Labute approximate surface area is 209 Å². The van der Waals surface area contributed by atoms with Gasteiger partial charge in [0, 0.05) is 18.4 Å². The number of carbonyl (C=O) groups is 2. The smallest absolute Gasteiger partial charge is 0.412 e. The molecule has 2 amide bonds. The number of aryl methyl sites for hydroxylation is 1. The van der Waals surface area contributed by atoms with E-state index in [4.69, 9.17) is 16.3 Å². The lowest BCUT2D eigenvalue weighted by Crippen LogP contribution is -2.53. The molecule has 184 valence electrons. The molecule has 0 saturated carbocycles. The van der Waals surface area contributed by atoms with Crippen molar-refractivity contribution in [2.75, 3.05) is 18.4 Å². The fourth-order valence-electron chi connectivity index (χ4n) is 5.16. The van der Waals surface area contributed by atoms with Crippen LogP contribution in [-0.4, -0.2) is 55.4 Å². The lowest BCUT2D eigenvalue weighted by molar-refractivity contribution is -0.0420. The minimum Gasteiger partial charge on any atom is -0.436 e. The summed E-state index contributed by atoms with van der Waals surface area (Å²) in [6.45, 7) is 2.36. The number of hydrogen-bond donors (Lipinski definition) is 3. The summed E-state index contributed by atoms with van der Waals surface area (Å²) >= 11 is 6.03. The minimum absolute atomic E-state index is 0.00607. The first-order valence-electron chi connectivity index (χ1n) is 11.4. The highest BCUT2D eigenvalue weighted by atomic mass is 35.5. The van der Waals surface area contributed by atoms with Gasteiger partial charge in [-0.2, -0.15) is 5.10 Å². The van der Waals surface area contributed by atoms with Crippen molar-refractivity contribution in [2.24, 2.45) is 0 Å². The SMILES string of the molecule is Cc1cc(Cc2nc(C(=O)N3CCC[C@@]4(C3)OC(=O)Nc3ccc(Cl)c(F)c34)n[nH]2)cc2[nH]ncc12. The van der Waals surface area contributed by atoms with Crippen LogP contribution in [-0.2, 0) is 16.8 Å². The molecule has 0 unspecified atom stereocenters. The third kappa shape index (κ3) is 3.67. The number of aromatic nitrogens is 5. The second-order valence-electron chi connectivity index (χ2n) is 9.15. The van der Waals surface area contributed by atoms with Crippen LogP contribution in [0, 0.1) is 12.7 Å². The lowest BCUT2D eigenvalue weighted by atomic mass is 9.83. The van der Waals surface area contributed by atoms with Crippen LogP contribution in [0.3, 0.4) is 0 Å². The average molecular weight is 510 g/mol. The number of hydrogen-bond acceptors (Lipinski definition) is 6. The quantitative estimate of drug-likeness (QED) is 0.382. The number of benzene rings is 2. The minimum atomic E-state index is -1.35. The molecule has 2 aliphatic heterocycles. The van der Waals surface area contributed by atoms with Gasteiger partial charge in [0.1, 0.15) is 5.82 Å². The number of carbonyl (C=O) groups excluding carboxylic acids is 2. The highest BCUT2D eigenvalue weighted by Crippen LogP contribution is 2.45. The summed E-state index contributed by atoms with van der Waals surface area (Å²) in [4.78, 5) is 31.5. The zero-order chi connectivity index (χ0) is 25.0. The zero-order valence-corrected chi connectivity index (χ0v) is 19.9. The molecule has 2 aromatic carbocycles. The van der Waals surface area contributed by atoms with Gasteiger partial charge >= 0.3 is 6.09 Å². The normalized spacial score (nSPS) is 19.3. The molecule has 1 fully saturated rings. The Morgan fingerprint density at radius 1 is 1.31 bits per heavy atom. The number of aromatic amines is 2. The van der Waals surface area contributed by atoms with E-state index in [1.54, 1.807) is 6.20 Å². The molecule has 1 atom stereocenters. The van der Waals surface area contributed by atoms with Gasteiger partial charge in [-0.15, -0.1) is 5.10 Å². The van der Waals surface area contributed by atoms with Gasteiger partial charge in [-0.1, -0.05) is 17.7 Å². The Balaban J connectivity index is 1.25. The van der Waals surface area contributed by atoms with Crippen molar-refractivity contribution in [3.05, 3.63) is 69.6 Å². The number of fused-ring (bicyclic) bond motifs is 3. The Morgan fingerprint density at radius 3 is 3.03 bits per heavy atom. The molecule has 4 heterocycles. The van der Waals surface area contributed by atoms with Gasteiger partial charge in [0.05, 0.1) is 34.5 Å². The number of piperidine rings is 1. The van der Waals surface area contributed by atoms with Gasteiger partial charge in [0.2, 0.25) is 5.82 Å². The van der Waals surface area contributed by atoms with Crippen LogP contribution < -0.4 is 5.32 Å². The van der Waals surface area contributed by atoms with Crippen molar-refractivity contribution in [3.8, 4) is 0 Å². The highest BCUT2D eigenvalue weighted by Gasteiger charge is 2.49. The molecule has 3 N–H and O–H groups in total. The maximum Gasteiger partial charge on any atom is 0.412 e. The first-order valence-corrected chi connectivity index (χ1v) is 11.8. The number of nitrogens with one attached hydrogen (secondary N) is 3. The average Bonchev–Trinajstić information content (AvgIpc) is 3.51. The van der Waals surface area contributed by atoms with E-state index in [2.05, 4.69) is 30.7 Å². The number of likely N-dealkylation sites (tertiary alicyclic amines) is 1. The van der Waals surface area contributed by atoms with E-state index in [1.165, 1.54) is 17.0 Å². The topological polar surface area (TPSA) is 129 Å². The summed E-state index contributed by atoms with van der Waals surface area (Å²) in [6, 6.07) is 6.93. The van der Waals surface area contributed by atoms with Crippen LogP contribution in [0.2, 0.25) is 5.02 Å². The molecule has 12 heteroatoms. The van der Waals surface area contributed by atoms with E-state index >= 15 is 4.39 Å². The van der Waals surface area contributed by atoms with E-state index in [-0.39, 0.29) is 28.6 Å². The van der Waals surface area contributed by atoms with Crippen molar-refractivity contribution < 1.29 is 18.7 Å². The third-order valence-corrected chi connectivity index (χ3v) is 7.03. The van der Waals surface area contributed by atoms with Gasteiger partial charge in [0.25, 0.3) is 5.91 Å². The highest BCUT2D eigenvalue weighted by molar-refractivity contribution is 6.31. The monoisotopic (exact) mass is 509 g/mol. The van der Waals surface area contributed by atoms with E-state index < -0.39 is 23.4 Å². The van der Waals surface area contributed by atoms with E-state index in [0.29, 0.717) is 31.6 Å². The maximum absolute atomic E-state index is 15.1. The molecule has 1 saturated heterocycles. The number of anilines is 1. The summed E-state index contributed by atoms with van der Waals surface area (Å²) < 4.78 is 20.7. The predicted octanol–water partition coefficient (Wildman–Crippen LogP) is 4.07. The molecule has 2 aliphatic rings. The van der Waals surface area contributed by atoms with Gasteiger partial charge < -0.3 is 9.64 Å². The van der Waals surface area contributed by atoms with Crippen LogP contribution in [0.25, 0.3) is 10.9 Å². The summed E-state index contributed by atoms with van der Waals surface area (Å²) in [7, 11) is 0. The van der Waals surface area contributed by atoms with Crippen LogP contribution in [0.15, 0.2) is 30.5 Å². The summed E-state index contributed by atoms with van der Waals surface area (Å²) in [5, 5.41) is 17.5. The van der Waals surface area contributed by atoms with Crippen molar-refractivity contribution >= 4 is 40.2 Å². The number of nitrogens with zero attached hydrogens (tertiary/aromatic N) is 4. The number of amides is 2. The number of H-pyrrole nitrogens is 2. The fraction of sp³-hybridized carbons (Fsp3) is 0.292. The molecule has 36 heavy (non-hydrogen) atoms. The van der Waals surface area contributed by atoms with Crippen LogP contribution in [0.4, 0.5) is 14.9 Å².